The molecule has 0 atom stereocenters. The number of esters is 1. The molecule has 10 heteroatoms. The molecule has 4 rings (SSSR count). The normalized spacial score (nSPS) is 13.1. The standard InChI is InChI=1S/C26H19BrClN3O5/c1-2-36-26(35)16-6-5-7-18(14-16)31-24(33)21(28)22(25(31)34)29-17-12-10-15(11-13-17)23(32)30-20-9-4-3-8-19(20)27/h3-14,29H,2H2,1H3,(H,30,32). The second-order valence-electron chi connectivity index (χ2n) is 7.54. The Morgan fingerprint density at radius 1 is 0.944 bits per heavy atom. The summed E-state index contributed by atoms with van der Waals surface area (Å²) >= 11 is 9.59. The van der Waals surface area contributed by atoms with Crippen molar-refractivity contribution in [1.82, 2.24) is 0 Å². The van der Waals surface area contributed by atoms with E-state index in [1.54, 1.807) is 49.4 Å². The number of halogens is 2. The summed E-state index contributed by atoms with van der Waals surface area (Å²) in [5.41, 5.74) is 1.73. The van der Waals surface area contributed by atoms with Gasteiger partial charge in [0.25, 0.3) is 17.7 Å². The highest BCUT2D eigenvalue weighted by Crippen LogP contribution is 2.31. The lowest BCUT2D eigenvalue weighted by molar-refractivity contribution is -0.120. The zero-order valence-corrected chi connectivity index (χ0v) is 21.2. The quantitative estimate of drug-likeness (QED) is 0.296. The number of benzene rings is 3. The highest BCUT2D eigenvalue weighted by atomic mass is 79.9. The number of ether oxygens (including phenoxy) is 1. The van der Waals surface area contributed by atoms with Gasteiger partial charge in [-0.2, -0.15) is 0 Å². The second kappa shape index (κ2) is 10.8. The molecule has 3 aromatic rings. The van der Waals surface area contributed by atoms with E-state index >= 15 is 0 Å². The lowest BCUT2D eigenvalue weighted by Gasteiger charge is -2.16. The zero-order chi connectivity index (χ0) is 25.8. The summed E-state index contributed by atoms with van der Waals surface area (Å²) in [6.07, 6.45) is 0. The van der Waals surface area contributed by atoms with Gasteiger partial charge in [-0.1, -0.05) is 29.8 Å². The number of anilines is 3. The molecule has 0 radical (unpaired) electrons. The van der Waals surface area contributed by atoms with Crippen molar-refractivity contribution in [3.05, 3.63) is 99.1 Å². The van der Waals surface area contributed by atoms with E-state index < -0.39 is 17.8 Å². The van der Waals surface area contributed by atoms with Gasteiger partial charge in [0.2, 0.25) is 0 Å². The Balaban J connectivity index is 1.49. The molecule has 1 heterocycles. The van der Waals surface area contributed by atoms with Gasteiger partial charge in [0.1, 0.15) is 10.7 Å². The van der Waals surface area contributed by atoms with E-state index in [-0.39, 0.29) is 34.5 Å². The summed E-state index contributed by atoms with van der Waals surface area (Å²) in [7, 11) is 0. The van der Waals surface area contributed by atoms with Crippen LogP contribution in [-0.2, 0) is 14.3 Å². The molecule has 3 aromatic carbocycles. The van der Waals surface area contributed by atoms with E-state index in [1.165, 1.54) is 18.2 Å². The molecule has 1 aliphatic rings. The number of hydrogen-bond donors (Lipinski definition) is 2. The third kappa shape index (κ3) is 5.17. The van der Waals surface area contributed by atoms with E-state index in [0.29, 0.717) is 16.9 Å². The van der Waals surface area contributed by atoms with Crippen LogP contribution < -0.4 is 15.5 Å². The number of carbonyl (C=O) groups is 4. The van der Waals surface area contributed by atoms with E-state index in [2.05, 4.69) is 26.6 Å². The van der Waals surface area contributed by atoms with Crippen molar-refractivity contribution < 1.29 is 23.9 Å². The summed E-state index contributed by atoms with van der Waals surface area (Å²) < 4.78 is 5.73. The zero-order valence-electron chi connectivity index (χ0n) is 18.9. The summed E-state index contributed by atoms with van der Waals surface area (Å²) in [4.78, 5) is 51.3. The monoisotopic (exact) mass is 567 g/mol. The van der Waals surface area contributed by atoms with Gasteiger partial charge in [-0.25, -0.2) is 9.69 Å². The average Bonchev–Trinajstić information content (AvgIpc) is 3.09. The molecule has 182 valence electrons. The van der Waals surface area contributed by atoms with E-state index in [4.69, 9.17) is 16.3 Å². The first kappa shape index (κ1) is 25.2. The number of nitrogens with zero attached hydrogens (tertiary/aromatic N) is 1. The molecule has 0 fully saturated rings. The number of amides is 3. The molecule has 0 saturated carbocycles. The lowest BCUT2D eigenvalue weighted by Crippen LogP contribution is -2.32. The third-order valence-corrected chi connectivity index (χ3v) is 6.22. The van der Waals surface area contributed by atoms with Crippen LogP contribution in [0.25, 0.3) is 0 Å². The van der Waals surface area contributed by atoms with Crippen molar-refractivity contribution in [2.75, 3.05) is 22.1 Å². The van der Waals surface area contributed by atoms with E-state index in [9.17, 15) is 19.2 Å². The SMILES string of the molecule is CCOC(=O)c1cccc(N2C(=O)C(Cl)=C(Nc3ccc(C(=O)Nc4ccccc4Br)cc3)C2=O)c1. The summed E-state index contributed by atoms with van der Waals surface area (Å²) in [5, 5.41) is 5.37. The van der Waals surface area contributed by atoms with Gasteiger partial charge in [0, 0.05) is 15.7 Å². The van der Waals surface area contributed by atoms with Crippen molar-refractivity contribution in [2.45, 2.75) is 6.92 Å². The average molecular weight is 569 g/mol. The highest BCUT2D eigenvalue weighted by molar-refractivity contribution is 9.10. The third-order valence-electron chi connectivity index (χ3n) is 5.18. The van der Waals surface area contributed by atoms with Crippen molar-refractivity contribution in [1.29, 1.82) is 0 Å². The maximum atomic E-state index is 13.1. The predicted octanol–water partition coefficient (Wildman–Crippen LogP) is 5.31. The van der Waals surface area contributed by atoms with Crippen molar-refractivity contribution in [2.24, 2.45) is 0 Å². The molecule has 0 unspecified atom stereocenters. The molecule has 1 aliphatic heterocycles. The molecule has 0 bridgehead atoms. The Kier molecular flexibility index (Phi) is 7.52. The summed E-state index contributed by atoms with van der Waals surface area (Å²) in [6, 6.07) is 19.5. The predicted molar refractivity (Wildman–Crippen MR) is 140 cm³/mol. The number of nitrogens with one attached hydrogen (secondary N) is 2. The van der Waals surface area contributed by atoms with Crippen LogP contribution in [0.2, 0.25) is 0 Å². The van der Waals surface area contributed by atoms with Crippen molar-refractivity contribution in [3.8, 4) is 0 Å². The maximum absolute atomic E-state index is 13.1. The molecule has 0 spiro atoms. The van der Waals surface area contributed by atoms with Gasteiger partial charge < -0.3 is 15.4 Å². The number of hydrogen-bond acceptors (Lipinski definition) is 6. The smallest absolute Gasteiger partial charge is 0.338 e. The van der Waals surface area contributed by atoms with Crippen LogP contribution in [0.1, 0.15) is 27.6 Å². The minimum atomic E-state index is -0.727. The van der Waals surface area contributed by atoms with Gasteiger partial charge in [0.05, 0.1) is 23.5 Å². The molecule has 8 nitrogen and oxygen atoms in total. The van der Waals surface area contributed by atoms with Crippen LogP contribution in [0.15, 0.2) is 88.0 Å². The Hall–Kier alpha value is -3.95. The number of rotatable bonds is 7. The minimum Gasteiger partial charge on any atom is -0.462 e. The van der Waals surface area contributed by atoms with Gasteiger partial charge in [-0.05, 0) is 77.5 Å². The van der Waals surface area contributed by atoms with E-state index in [1.807, 2.05) is 12.1 Å². The first-order chi connectivity index (χ1) is 17.3. The second-order valence-corrected chi connectivity index (χ2v) is 8.77. The Morgan fingerprint density at radius 2 is 1.67 bits per heavy atom. The topological polar surface area (TPSA) is 105 Å². The molecule has 3 amide bonds. The molecular weight excluding hydrogens is 550 g/mol. The molecule has 0 aromatic heterocycles. The fourth-order valence-electron chi connectivity index (χ4n) is 3.44. The van der Waals surface area contributed by atoms with Gasteiger partial charge in [0.15, 0.2) is 0 Å². The van der Waals surface area contributed by atoms with Gasteiger partial charge in [-0.3, -0.25) is 14.4 Å². The van der Waals surface area contributed by atoms with Gasteiger partial charge >= 0.3 is 5.97 Å². The molecule has 0 saturated heterocycles. The minimum absolute atomic E-state index is 0.117. The Bertz CT molecular complexity index is 1400. The number of imide groups is 1. The van der Waals surface area contributed by atoms with Crippen LogP contribution >= 0.6 is 27.5 Å². The van der Waals surface area contributed by atoms with Crippen LogP contribution in [0.3, 0.4) is 0 Å². The molecule has 36 heavy (non-hydrogen) atoms. The first-order valence-corrected chi connectivity index (χ1v) is 12.0. The first-order valence-electron chi connectivity index (χ1n) is 10.8. The van der Waals surface area contributed by atoms with Gasteiger partial charge in [-0.15, -0.1) is 0 Å². The molecular formula is C26H19BrClN3O5. The largest absolute Gasteiger partial charge is 0.462 e. The molecule has 2 N–H and O–H groups in total. The summed E-state index contributed by atoms with van der Waals surface area (Å²) in [5.74, 6) is -2.29. The lowest BCUT2D eigenvalue weighted by atomic mass is 10.2. The fraction of sp³-hybridized carbons (Fsp3) is 0.0769. The number of para-hydroxylation sites is 1. The maximum Gasteiger partial charge on any atom is 0.338 e. The van der Waals surface area contributed by atoms with Crippen LogP contribution in [-0.4, -0.2) is 30.3 Å². The van der Waals surface area contributed by atoms with Crippen LogP contribution in [0, 0.1) is 0 Å². The highest BCUT2D eigenvalue weighted by Gasteiger charge is 2.39. The molecule has 0 aliphatic carbocycles. The van der Waals surface area contributed by atoms with Crippen molar-refractivity contribution >= 4 is 68.3 Å². The van der Waals surface area contributed by atoms with Crippen LogP contribution in [0.5, 0.6) is 0 Å². The van der Waals surface area contributed by atoms with Crippen LogP contribution in [0.4, 0.5) is 17.1 Å². The summed E-state index contributed by atoms with van der Waals surface area (Å²) in [6.45, 7) is 1.87. The van der Waals surface area contributed by atoms with Crippen molar-refractivity contribution in [3.63, 3.8) is 0 Å². The number of carbonyl (C=O) groups excluding carboxylic acids is 4. The van der Waals surface area contributed by atoms with E-state index in [0.717, 1.165) is 9.37 Å². The Labute approximate surface area is 220 Å². The Morgan fingerprint density at radius 3 is 2.36 bits per heavy atom. The fourth-order valence-corrected chi connectivity index (χ4v) is 4.04.